The fourth-order valence-corrected chi connectivity index (χ4v) is 2.38. The molecule has 0 radical (unpaired) electrons. The number of nitrogens with zero attached hydrogens (tertiary/aromatic N) is 2. The van der Waals surface area contributed by atoms with Crippen LogP contribution in [-0.2, 0) is 13.6 Å². The van der Waals surface area contributed by atoms with Gasteiger partial charge in [0.15, 0.2) is 11.2 Å². The Morgan fingerprint density at radius 2 is 1.85 bits per heavy atom. The Kier molecular flexibility index (Phi) is 2.99. The molecule has 0 unspecified atom stereocenters. The van der Waals surface area contributed by atoms with E-state index in [4.69, 9.17) is 0 Å². The number of Topliss-reactive ketones (excluding diaryl/α,β-unsaturated/α-hetero) is 1. The van der Waals surface area contributed by atoms with Gasteiger partial charge in [-0.15, -0.1) is 0 Å². The van der Waals surface area contributed by atoms with E-state index in [9.17, 15) is 9.59 Å². The lowest BCUT2D eigenvalue weighted by molar-refractivity contribution is 0.0965. The maximum absolute atomic E-state index is 12.3. The quantitative estimate of drug-likeness (QED) is 0.682. The third-order valence-corrected chi connectivity index (χ3v) is 3.43. The Labute approximate surface area is 115 Å². The summed E-state index contributed by atoms with van der Waals surface area (Å²) >= 11 is 0. The number of carbonyl (C=O) groups is 1. The van der Waals surface area contributed by atoms with Crippen LogP contribution in [0.4, 0.5) is 0 Å². The number of aryl methyl sites for hydroxylation is 1. The smallest absolute Gasteiger partial charge is 0.198 e. The van der Waals surface area contributed by atoms with Crippen molar-refractivity contribution in [3.05, 3.63) is 70.8 Å². The highest BCUT2D eigenvalue weighted by Gasteiger charge is 2.11. The Hall–Kier alpha value is -2.62. The molecule has 2 heterocycles. The summed E-state index contributed by atoms with van der Waals surface area (Å²) in [5.41, 5.74) is 1.42. The van der Waals surface area contributed by atoms with Crippen LogP contribution in [0.25, 0.3) is 10.9 Å². The summed E-state index contributed by atoms with van der Waals surface area (Å²) in [6.45, 7) is 0.221. The molecule has 100 valence electrons. The van der Waals surface area contributed by atoms with E-state index in [1.54, 1.807) is 22.9 Å². The van der Waals surface area contributed by atoms with Crippen LogP contribution < -0.4 is 5.43 Å². The largest absolute Gasteiger partial charge is 0.348 e. The Morgan fingerprint density at radius 3 is 2.60 bits per heavy atom. The Morgan fingerprint density at radius 1 is 1.05 bits per heavy atom. The maximum atomic E-state index is 12.3. The second-order valence-corrected chi connectivity index (χ2v) is 4.75. The van der Waals surface area contributed by atoms with Crippen molar-refractivity contribution in [2.75, 3.05) is 0 Å². The van der Waals surface area contributed by atoms with Gasteiger partial charge in [-0.05, 0) is 24.3 Å². The molecule has 3 rings (SSSR count). The van der Waals surface area contributed by atoms with Gasteiger partial charge in [-0.25, -0.2) is 0 Å². The van der Waals surface area contributed by atoms with Gasteiger partial charge < -0.3 is 9.13 Å². The Bertz CT molecular complexity index is 843. The lowest BCUT2D eigenvalue weighted by Gasteiger charge is -2.10. The highest BCUT2D eigenvalue weighted by atomic mass is 16.1. The van der Waals surface area contributed by atoms with Crippen molar-refractivity contribution in [2.24, 2.45) is 7.05 Å². The molecule has 4 heteroatoms. The summed E-state index contributed by atoms with van der Waals surface area (Å²) in [6, 6.07) is 12.5. The van der Waals surface area contributed by atoms with E-state index in [-0.39, 0.29) is 17.8 Å². The molecule has 0 bridgehead atoms. The van der Waals surface area contributed by atoms with Crippen LogP contribution in [0.5, 0.6) is 0 Å². The molecule has 0 aliphatic rings. The predicted octanol–water partition coefficient (Wildman–Crippen LogP) is 2.22. The first kappa shape index (κ1) is 12.4. The summed E-state index contributed by atoms with van der Waals surface area (Å²) in [4.78, 5) is 24.1. The number of benzene rings is 1. The van der Waals surface area contributed by atoms with Gasteiger partial charge in [-0.2, -0.15) is 0 Å². The van der Waals surface area contributed by atoms with Gasteiger partial charge in [0.2, 0.25) is 0 Å². The number of hydrogen-bond acceptors (Lipinski definition) is 2. The molecule has 0 aliphatic heterocycles. The molecule has 0 fully saturated rings. The average molecular weight is 266 g/mol. The number of hydrogen-bond donors (Lipinski definition) is 0. The average Bonchev–Trinajstić information content (AvgIpc) is 2.88. The van der Waals surface area contributed by atoms with E-state index >= 15 is 0 Å². The number of fused-ring (bicyclic) bond motifs is 1. The number of carbonyl (C=O) groups excluding carboxylic acids is 1. The van der Waals surface area contributed by atoms with Crippen molar-refractivity contribution in [3.8, 4) is 0 Å². The summed E-state index contributed by atoms with van der Waals surface area (Å²) < 4.78 is 3.61. The molecule has 20 heavy (non-hydrogen) atoms. The monoisotopic (exact) mass is 266 g/mol. The second-order valence-electron chi connectivity index (χ2n) is 4.75. The van der Waals surface area contributed by atoms with Crippen molar-refractivity contribution >= 4 is 16.7 Å². The number of para-hydroxylation sites is 1. The maximum Gasteiger partial charge on any atom is 0.198 e. The van der Waals surface area contributed by atoms with Crippen molar-refractivity contribution in [2.45, 2.75) is 6.54 Å². The SMILES string of the molecule is Cn1cccc1C(=O)Cn1ccc(=O)c2ccccc21. The molecular formula is C16H14N2O2. The van der Waals surface area contributed by atoms with Gasteiger partial charge in [0.1, 0.15) is 0 Å². The minimum atomic E-state index is -0.0248. The number of ketones is 1. The first-order valence-corrected chi connectivity index (χ1v) is 6.39. The molecule has 0 atom stereocenters. The van der Waals surface area contributed by atoms with E-state index in [2.05, 4.69) is 0 Å². The molecule has 0 saturated heterocycles. The number of aromatic nitrogens is 2. The fraction of sp³-hybridized carbons (Fsp3) is 0.125. The van der Waals surface area contributed by atoms with Gasteiger partial charge in [-0.1, -0.05) is 12.1 Å². The highest BCUT2D eigenvalue weighted by molar-refractivity contribution is 5.95. The van der Waals surface area contributed by atoms with E-state index in [0.29, 0.717) is 11.1 Å². The summed E-state index contributed by atoms with van der Waals surface area (Å²) in [6.07, 6.45) is 3.52. The minimum Gasteiger partial charge on any atom is -0.348 e. The third-order valence-electron chi connectivity index (χ3n) is 3.43. The molecule has 0 N–H and O–H groups in total. The standard InChI is InChI=1S/C16H14N2O2/c1-17-9-4-7-14(17)16(20)11-18-10-8-15(19)12-5-2-3-6-13(12)18/h2-10H,11H2,1H3. The van der Waals surface area contributed by atoms with E-state index in [1.807, 2.05) is 42.1 Å². The van der Waals surface area contributed by atoms with Crippen molar-refractivity contribution < 1.29 is 4.79 Å². The van der Waals surface area contributed by atoms with Crippen LogP contribution in [-0.4, -0.2) is 14.9 Å². The van der Waals surface area contributed by atoms with Crippen LogP contribution in [0.15, 0.2) is 59.7 Å². The molecular weight excluding hydrogens is 252 g/mol. The van der Waals surface area contributed by atoms with Crippen molar-refractivity contribution in [3.63, 3.8) is 0 Å². The normalized spacial score (nSPS) is 10.8. The van der Waals surface area contributed by atoms with E-state index < -0.39 is 0 Å². The molecule has 0 amide bonds. The van der Waals surface area contributed by atoms with Gasteiger partial charge in [0.25, 0.3) is 0 Å². The molecule has 0 saturated carbocycles. The van der Waals surface area contributed by atoms with Crippen molar-refractivity contribution in [1.82, 2.24) is 9.13 Å². The predicted molar refractivity (Wildman–Crippen MR) is 78.0 cm³/mol. The van der Waals surface area contributed by atoms with Crippen LogP contribution in [0, 0.1) is 0 Å². The van der Waals surface area contributed by atoms with Crippen LogP contribution >= 0.6 is 0 Å². The van der Waals surface area contributed by atoms with Gasteiger partial charge in [-0.3, -0.25) is 9.59 Å². The first-order valence-electron chi connectivity index (χ1n) is 6.39. The summed E-state index contributed by atoms with van der Waals surface area (Å²) in [7, 11) is 1.84. The molecule has 0 spiro atoms. The third kappa shape index (κ3) is 2.05. The zero-order chi connectivity index (χ0) is 14.1. The van der Waals surface area contributed by atoms with Crippen LogP contribution in [0.2, 0.25) is 0 Å². The zero-order valence-electron chi connectivity index (χ0n) is 11.1. The van der Waals surface area contributed by atoms with Crippen molar-refractivity contribution in [1.29, 1.82) is 0 Å². The lowest BCUT2D eigenvalue weighted by atomic mass is 10.2. The van der Waals surface area contributed by atoms with E-state index in [1.165, 1.54) is 6.07 Å². The molecule has 0 aliphatic carbocycles. The van der Waals surface area contributed by atoms with Crippen LogP contribution in [0.1, 0.15) is 10.5 Å². The number of pyridine rings is 1. The van der Waals surface area contributed by atoms with E-state index in [0.717, 1.165) is 5.52 Å². The molecule has 2 aromatic heterocycles. The van der Waals surface area contributed by atoms with Gasteiger partial charge >= 0.3 is 0 Å². The lowest BCUT2D eigenvalue weighted by Crippen LogP contribution is -2.16. The molecule has 4 nitrogen and oxygen atoms in total. The first-order chi connectivity index (χ1) is 9.66. The summed E-state index contributed by atoms with van der Waals surface area (Å²) in [5, 5.41) is 0.634. The zero-order valence-corrected chi connectivity index (χ0v) is 11.1. The van der Waals surface area contributed by atoms with Gasteiger partial charge in [0, 0.05) is 30.9 Å². The van der Waals surface area contributed by atoms with Crippen LogP contribution in [0.3, 0.4) is 0 Å². The second kappa shape index (κ2) is 4.81. The topological polar surface area (TPSA) is 44.0 Å². The fourth-order valence-electron chi connectivity index (χ4n) is 2.38. The molecule has 3 aromatic rings. The Balaban J connectivity index is 2.04. The number of rotatable bonds is 3. The highest BCUT2D eigenvalue weighted by Crippen LogP contribution is 2.11. The molecule has 1 aromatic carbocycles. The minimum absolute atomic E-state index is 0.0197. The summed E-state index contributed by atoms with van der Waals surface area (Å²) in [5.74, 6) is 0.0197. The van der Waals surface area contributed by atoms with Gasteiger partial charge in [0.05, 0.1) is 17.8 Å².